The van der Waals surface area contributed by atoms with Crippen LogP contribution >= 0.6 is 38.9 Å². The van der Waals surface area contributed by atoms with E-state index in [9.17, 15) is 8.42 Å². The molecular weight excluding hydrogens is 372 g/mol. The van der Waals surface area contributed by atoms with E-state index in [4.69, 9.17) is 11.6 Å². The van der Waals surface area contributed by atoms with Crippen molar-refractivity contribution >= 4 is 48.9 Å². The van der Waals surface area contributed by atoms with Gasteiger partial charge in [-0.05, 0) is 50.8 Å². The van der Waals surface area contributed by atoms with E-state index in [0.29, 0.717) is 4.47 Å². The van der Waals surface area contributed by atoms with E-state index in [0.717, 1.165) is 11.1 Å². The van der Waals surface area contributed by atoms with Crippen LogP contribution in [0.4, 0.5) is 0 Å². The fourth-order valence-corrected chi connectivity index (χ4v) is 4.22. The minimum Gasteiger partial charge on any atom is -0.242 e. The standard InChI is InChI=1S/C11H10BrClN2O2S2/c1-7-5-18-6-8(7)3-15-19(16,17)10-2-9(12)4-14-11(10)13/h2,4-6,15H,3H2,1H3. The number of hydrogen-bond donors (Lipinski definition) is 1. The topological polar surface area (TPSA) is 59.1 Å². The zero-order valence-electron chi connectivity index (χ0n) is 9.85. The van der Waals surface area contributed by atoms with E-state index in [1.54, 1.807) is 0 Å². The zero-order chi connectivity index (χ0) is 14.0. The van der Waals surface area contributed by atoms with Gasteiger partial charge in [0.25, 0.3) is 0 Å². The Hall–Kier alpha value is -0.470. The molecular formula is C11H10BrClN2O2S2. The van der Waals surface area contributed by atoms with Gasteiger partial charge in [-0.15, -0.1) is 0 Å². The minimum atomic E-state index is -3.68. The second kappa shape index (κ2) is 5.88. The van der Waals surface area contributed by atoms with Crippen LogP contribution in [-0.2, 0) is 16.6 Å². The summed E-state index contributed by atoms with van der Waals surface area (Å²) in [6.07, 6.45) is 1.45. The molecule has 0 radical (unpaired) electrons. The van der Waals surface area contributed by atoms with E-state index in [1.165, 1.54) is 23.6 Å². The van der Waals surface area contributed by atoms with Crippen molar-refractivity contribution in [2.45, 2.75) is 18.4 Å². The smallest absolute Gasteiger partial charge is 0.242 e. The maximum atomic E-state index is 12.2. The van der Waals surface area contributed by atoms with Gasteiger partial charge in [0, 0.05) is 17.2 Å². The first-order valence-electron chi connectivity index (χ1n) is 5.22. The van der Waals surface area contributed by atoms with Crippen molar-refractivity contribution in [2.24, 2.45) is 0 Å². The molecule has 0 atom stereocenters. The molecule has 0 spiro atoms. The molecule has 8 heteroatoms. The summed E-state index contributed by atoms with van der Waals surface area (Å²) in [5, 5.41) is 3.84. The molecule has 1 N–H and O–H groups in total. The third-order valence-electron chi connectivity index (χ3n) is 2.48. The SMILES string of the molecule is Cc1cscc1CNS(=O)(=O)c1cc(Br)cnc1Cl. The molecule has 4 nitrogen and oxygen atoms in total. The number of halogens is 2. The Morgan fingerprint density at radius 3 is 2.84 bits per heavy atom. The lowest BCUT2D eigenvalue weighted by Crippen LogP contribution is -2.23. The van der Waals surface area contributed by atoms with Gasteiger partial charge in [0.1, 0.15) is 10.0 Å². The first-order valence-corrected chi connectivity index (χ1v) is 8.82. The number of aromatic nitrogens is 1. The van der Waals surface area contributed by atoms with E-state index in [-0.39, 0.29) is 16.6 Å². The highest BCUT2D eigenvalue weighted by atomic mass is 79.9. The minimum absolute atomic E-state index is 0.0311. The van der Waals surface area contributed by atoms with E-state index >= 15 is 0 Å². The fourth-order valence-electron chi connectivity index (χ4n) is 1.41. The largest absolute Gasteiger partial charge is 0.243 e. The Bertz CT molecular complexity index is 700. The van der Waals surface area contributed by atoms with E-state index < -0.39 is 10.0 Å². The average molecular weight is 382 g/mol. The van der Waals surface area contributed by atoms with E-state index in [1.807, 2.05) is 17.7 Å². The molecule has 0 aliphatic heterocycles. The molecule has 0 aliphatic carbocycles. The van der Waals surface area contributed by atoms with Gasteiger partial charge in [0.05, 0.1) is 0 Å². The van der Waals surface area contributed by atoms with Crippen LogP contribution in [0.2, 0.25) is 5.15 Å². The molecule has 0 aromatic carbocycles. The van der Waals surface area contributed by atoms with Gasteiger partial charge in [-0.2, -0.15) is 11.3 Å². The number of thiophene rings is 1. The number of hydrogen-bond acceptors (Lipinski definition) is 4. The predicted octanol–water partition coefficient (Wildman–Crippen LogP) is 3.35. The lowest BCUT2D eigenvalue weighted by Gasteiger charge is -2.08. The lowest BCUT2D eigenvalue weighted by atomic mass is 10.2. The Balaban J connectivity index is 2.23. The summed E-state index contributed by atoms with van der Waals surface area (Å²) < 4.78 is 27.4. The van der Waals surface area contributed by atoms with Crippen LogP contribution in [-0.4, -0.2) is 13.4 Å². The van der Waals surface area contributed by atoms with E-state index in [2.05, 4.69) is 25.6 Å². The molecule has 0 amide bonds. The number of sulfonamides is 1. The molecule has 102 valence electrons. The summed E-state index contributed by atoms with van der Waals surface area (Å²) in [7, 11) is -3.68. The highest BCUT2D eigenvalue weighted by Gasteiger charge is 2.19. The van der Waals surface area contributed by atoms with Crippen molar-refractivity contribution in [1.29, 1.82) is 0 Å². The Morgan fingerprint density at radius 2 is 2.21 bits per heavy atom. The van der Waals surface area contributed by atoms with Crippen molar-refractivity contribution in [3.05, 3.63) is 43.8 Å². The average Bonchev–Trinajstić information content (AvgIpc) is 2.75. The molecule has 0 saturated carbocycles. The van der Waals surface area contributed by atoms with Gasteiger partial charge in [-0.3, -0.25) is 0 Å². The highest BCUT2D eigenvalue weighted by Crippen LogP contribution is 2.23. The zero-order valence-corrected chi connectivity index (χ0v) is 13.8. The maximum Gasteiger partial charge on any atom is 0.243 e. The summed E-state index contributed by atoms with van der Waals surface area (Å²) in [6, 6.07) is 1.43. The monoisotopic (exact) mass is 380 g/mol. The summed E-state index contributed by atoms with van der Waals surface area (Å²) in [6.45, 7) is 2.17. The molecule has 0 bridgehead atoms. The van der Waals surface area contributed by atoms with Crippen LogP contribution in [0.15, 0.2) is 32.4 Å². The fraction of sp³-hybridized carbons (Fsp3) is 0.182. The van der Waals surface area contributed by atoms with Gasteiger partial charge < -0.3 is 0 Å². The number of nitrogens with zero attached hydrogens (tertiary/aromatic N) is 1. The second-order valence-corrected chi connectivity index (χ2v) is 7.60. The van der Waals surface area contributed by atoms with Crippen LogP contribution in [0.25, 0.3) is 0 Å². The van der Waals surface area contributed by atoms with Gasteiger partial charge in [-0.25, -0.2) is 18.1 Å². The third-order valence-corrected chi connectivity index (χ3v) is 5.65. The molecule has 19 heavy (non-hydrogen) atoms. The molecule has 2 aromatic heterocycles. The normalized spacial score (nSPS) is 11.7. The van der Waals surface area contributed by atoms with Crippen LogP contribution in [0.3, 0.4) is 0 Å². The van der Waals surface area contributed by atoms with Crippen LogP contribution in [0.1, 0.15) is 11.1 Å². The molecule has 2 heterocycles. The quantitative estimate of drug-likeness (QED) is 0.826. The Morgan fingerprint density at radius 1 is 1.47 bits per heavy atom. The van der Waals surface area contributed by atoms with Crippen molar-refractivity contribution in [3.63, 3.8) is 0 Å². The highest BCUT2D eigenvalue weighted by molar-refractivity contribution is 9.10. The molecule has 0 unspecified atom stereocenters. The van der Waals surface area contributed by atoms with Crippen LogP contribution < -0.4 is 4.72 Å². The molecule has 0 fully saturated rings. The van der Waals surface area contributed by atoms with Crippen molar-refractivity contribution < 1.29 is 8.42 Å². The van der Waals surface area contributed by atoms with Crippen molar-refractivity contribution in [1.82, 2.24) is 9.71 Å². The van der Waals surface area contributed by atoms with Crippen molar-refractivity contribution in [2.75, 3.05) is 0 Å². The summed E-state index contributed by atoms with van der Waals surface area (Å²) in [5.41, 5.74) is 2.01. The second-order valence-electron chi connectivity index (χ2n) is 3.85. The number of aryl methyl sites for hydroxylation is 1. The number of pyridine rings is 1. The van der Waals surface area contributed by atoms with Crippen LogP contribution in [0.5, 0.6) is 0 Å². The maximum absolute atomic E-state index is 12.2. The van der Waals surface area contributed by atoms with Crippen LogP contribution in [0, 0.1) is 6.92 Å². The predicted molar refractivity (Wildman–Crippen MR) is 80.0 cm³/mol. The molecule has 0 aliphatic rings. The summed E-state index contributed by atoms with van der Waals surface area (Å²) in [5.74, 6) is 0. The summed E-state index contributed by atoms with van der Waals surface area (Å²) in [4.78, 5) is 3.78. The first-order chi connectivity index (χ1) is 8.90. The lowest BCUT2D eigenvalue weighted by molar-refractivity contribution is 0.581. The third kappa shape index (κ3) is 3.55. The Labute approximate surface area is 129 Å². The molecule has 0 saturated heterocycles. The number of rotatable bonds is 4. The first kappa shape index (κ1) is 14.9. The Kier molecular flexibility index (Phi) is 4.62. The van der Waals surface area contributed by atoms with Gasteiger partial charge >= 0.3 is 0 Å². The number of nitrogens with one attached hydrogen (secondary N) is 1. The van der Waals surface area contributed by atoms with Gasteiger partial charge in [0.2, 0.25) is 10.0 Å². The molecule has 2 aromatic rings. The summed E-state index contributed by atoms with van der Waals surface area (Å²) >= 11 is 10.5. The van der Waals surface area contributed by atoms with Crippen molar-refractivity contribution in [3.8, 4) is 0 Å². The molecule has 2 rings (SSSR count). The van der Waals surface area contributed by atoms with Gasteiger partial charge in [0.15, 0.2) is 0 Å². The van der Waals surface area contributed by atoms with Gasteiger partial charge in [-0.1, -0.05) is 11.6 Å².